The number of rotatable bonds is 7. The Hall–Kier alpha value is -1.47. The number of carbonyl (C=O) groups excluding carboxylic acids is 2. The van der Waals surface area contributed by atoms with Crippen LogP contribution in [0.5, 0.6) is 0 Å². The summed E-state index contributed by atoms with van der Waals surface area (Å²) in [6.45, 7) is 2.48. The van der Waals surface area contributed by atoms with Gasteiger partial charge >= 0.3 is 0 Å². The largest absolute Gasteiger partial charge is 0.467 e. The van der Waals surface area contributed by atoms with Gasteiger partial charge in [-0.05, 0) is 18.6 Å². The van der Waals surface area contributed by atoms with Crippen molar-refractivity contribution in [2.24, 2.45) is 0 Å². The standard InChI is InChI=1S/C14H21N3O3S/c1-2-4-10-7-12(18)17-14(16-10)21-9-13(19)15-8-11-5-3-6-20-11/h3,5-6,10,14,16H,2,4,7-9H2,1H3,(H,15,19)(H,17,18). The molecule has 2 unspecified atom stereocenters. The maximum atomic E-state index is 11.8. The first kappa shape index (κ1) is 15.9. The van der Waals surface area contributed by atoms with E-state index in [2.05, 4.69) is 22.9 Å². The zero-order valence-corrected chi connectivity index (χ0v) is 12.9. The van der Waals surface area contributed by atoms with Gasteiger partial charge in [0.2, 0.25) is 11.8 Å². The van der Waals surface area contributed by atoms with Gasteiger partial charge in [-0.3, -0.25) is 14.9 Å². The third kappa shape index (κ3) is 5.43. The average Bonchev–Trinajstić information content (AvgIpc) is 2.96. The van der Waals surface area contributed by atoms with Gasteiger partial charge in [0.1, 0.15) is 11.3 Å². The lowest BCUT2D eigenvalue weighted by Gasteiger charge is -2.30. The van der Waals surface area contributed by atoms with Crippen molar-refractivity contribution in [2.75, 3.05) is 5.75 Å². The molecular formula is C14H21N3O3S. The first-order chi connectivity index (χ1) is 10.2. The molecule has 21 heavy (non-hydrogen) atoms. The Morgan fingerprint density at radius 2 is 2.43 bits per heavy atom. The van der Waals surface area contributed by atoms with Crippen molar-refractivity contribution in [3.05, 3.63) is 24.2 Å². The third-order valence-corrected chi connectivity index (χ3v) is 4.19. The highest BCUT2D eigenvalue weighted by atomic mass is 32.2. The van der Waals surface area contributed by atoms with E-state index in [0.717, 1.165) is 18.6 Å². The molecule has 1 aromatic rings. The summed E-state index contributed by atoms with van der Waals surface area (Å²) in [7, 11) is 0. The fourth-order valence-electron chi connectivity index (χ4n) is 2.18. The fraction of sp³-hybridized carbons (Fsp3) is 0.571. The minimum atomic E-state index is -0.197. The van der Waals surface area contributed by atoms with Crippen LogP contribution in [0.15, 0.2) is 22.8 Å². The summed E-state index contributed by atoms with van der Waals surface area (Å²) >= 11 is 1.39. The third-order valence-electron chi connectivity index (χ3n) is 3.17. The highest BCUT2D eigenvalue weighted by Crippen LogP contribution is 2.14. The van der Waals surface area contributed by atoms with Gasteiger partial charge in [-0.15, -0.1) is 11.8 Å². The molecule has 2 rings (SSSR count). The molecule has 0 aromatic carbocycles. The lowest BCUT2D eigenvalue weighted by molar-refractivity contribution is -0.123. The molecule has 0 spiro atoms. The van der Waals surface area contributed by atoms with Gasteiger partial charge in [-0.1, -0.05) is 13.3 Å². The van der Waals surface area contributed by atoms with Crippen molar-refractivity contribution in [3.8, 4) is 0 Å². The zero-order valence-electron chi connectivity index (χ0n) is 12.1. The Morgan fingerprint density at radius 3 is 3.14 bits per heavy atom. The van der Waals surface area contributed by atoms with Gasteiger partial charge in [0.15, 0.2) is 0 Å². The second-order valence-corrected chi connectivity index (χ2v) is 6.06. The van der Waals surface area contributed by atoms with Crippen molar-refractivity contribution >= 4 is 23.6 Å². The van der Waals surface area contributed by atoms with Gasteiger partial charge in [0, 0.05) is 12.5 Å². The Kier molecular flexibility index (Phi) is 6.13. The topological polar surface area (TPSA) is 83.4 Å². The van der Waals surface area contributed by atoms with Crippen molar-refractivity contribution in [3.63, 3.8) is 0 Å². The fourth-order valence-corrected chi connectivity index (χ4v) is 3.10. The highest BCUT2D eigenvalue weighted by Gasteiger charge is 2.25. The van der Waals surface area contributed by atoms with E-state index in [1.54, 1.807) is 12.3 Å². The second kappa shape index (κ2) is 8.09. The molecule has 0 aliphatic carbocycles. The first-order valence-corrected chi connectivity index (χ1v) is 8.18. The normalized spacial score (nSPS) is 21.9. The number of amides is 2. The minimum Gasteiger partial charge on any atom is -0.467 e. The van der Waals surface area contributed by atoms with Gasteiger partial charge in [-0.2, -0.15) is 0 Å². The summed E-state index contributed by atoms with van der Waals surface area (Å²) < 4.78 is 5.14. The Morgan fingerprint density at radius 1 is 1.57 bits per heavy atom. The van der Waals surface area contributed by atoms with E-state index >= 15 is 0 Å². The molecule has 0 bridgehead atoms. The van der Waals surface area contributed by atoms with Crippen molar-refractivity contribution in [2.45, 2.75) is 44.3 Å². The Bertz CT molecular complexity index is 464. The average molecular weight is 311 g/mol. The predicted molar refractivity (Wildman–Crippen MR) is 81.4 cm³/mol. The predicted octanol–water partition coefficient (Wildman–Crippen LogP) is 1.19. The van der Waals surface area contributed by atoms with Crippen molar-refractivity contribution in [1.29, 1.82) is 0 Å². The van der Waals surface area contributed by atoms with E-state index in [9.17, 15) is 9.59 Å². The minimum absolute atomic E-state index is 0.0423. The summed E-state index contributed by atoms with van der Waals surface area (Å²) in [6, 6.07) is 3.80. The van der Waals surface area contributed by atoms with Crippen LogP contribution in [0.1, 0.15) is 31.9 Å². The monoisotopic (exact) mass is 311 g/mol. The Balaban J connectivity index is 1.69. The lowest BCUT2D eigenvalue weighted by Crippen LogP contribution is -2.55. The van der Waals surface area contributed by atoms with Crippen LogP contribution in [-0.2, 0) is 16.1 Å². The summed E-state index contributed by atoms with van der Waals surface area (Å²) in [6.07, 6.45) is 4.09. The second-order valence-electron chi connectivity index (χ2n) is 4.97. The van der Waals surface area contributed by atoms with Gasteiger partial charge < -0.3 is 15.1 Å². The van der Waals surface area contributed by atoms with Crippen LogP contribution in [0.2, 0.25) is 0 Å². The number of hydrogen-bond donors (Lipinski definition) is 3. The number of furan rings is 1. The van der Waals surface area contributed by atoms with Crippen molar-refractivity contribution in [1.82, 2.24) is 16.0 Å². The number of hydrogen-bond acceptors (Lipinski definition) is 5. The van der Waals surface area contributed by atoms with E-state index in [1.807, 2.05) is 6.07 Å². The molecular weight excluding hydrogens is 290 g/mol. The molecule has 7 heteroatoms. The maximum absolute atomic E-state index is 11.8. The SMILES string of the molecule is CCCC1CC(=O)NC(SCC(=O)NCc2ccco2)N1. The van der Waals surface area contributed by atoms with Gasteiger partial charge in [-0.25, -0.2) is 0 Å². The molecule has 1 fully saturated rings. The first-order valence-electron chi connectivity index (χ1n) is 7.13. The molecule has 1 aliphatic rings. The summed E-state index contributed by atoms with van der Waals surface area (Å²) in [5.41, 5.74) is -0.197. The molecule has 1 aromatic heterocycles. The maximum Gasteiger partial charge on any atom is 0.230 e. The lowest BCUT2D eigenvalue weighted by atomic mass is 10.1. The van der Waals surface area contributed by atoms with E-state index < -0.39 is 0 Å². The molecule has 2 atom stereocenters. The van der Waals surface area contributed by atoms with Crippen LogP contribution in [-0.4, -0.2) is 29.1 Å². The molecule has 0 radical (unpaired) electrons. The smallest absolute Gasteiger partial charge is 0.230 e. The van der Waals surface area contributed by atoms with Crippen molar-refractivity contribution < 1.29 is 14.0 Å². The highest BCUT2D eigenvalue weighted by molar-refractivity contribution is 8.00. The van der Waals surface area contributed by atoms with Crippen LogP contribution in [0.4, 0.5) is 0 Å². The molecule has 3 N–H and O–H groups in total. The molecule has 0 saturated carbocycles. The summed E-state index contributed by atoms with van der Waals surface area (Å²) in [5, 5.41) is 8.96. The molecule has 1 saturated heterocycles. The van der Waals surface area contributed by atoms with Gasteiger partial charge in [0.05, 0.1) is 18.6 Å². The van der Waals surface area contributed by atoms with Crippen LogP contribution in [0, 0.1) is 0 Å². The van der Waals surface area contributed by atoms with E-state index in [0.29, 0.717) is 13.0 Å². The molecule has 2 heterocycles. The van der Waals surface area contributed by atoms with Crippen LogP contribution in [0.25, 0.3) is 0 Å². The molecule has 1 aliphatic heterocycles. The van der Waals surface area contributed by atoms with Crippen LogP contribution >= 0.6 is 11.8 Å². The zero-order chi connectivity index (χ0) is 15.1. The van der Waals surface area contributed by atoms with E-state index in [4.69, 9.17) is 4.42 Å². The number of nitrogens with one attached hydrogen (secondary N) is 3. The van der Waals surface area contributed by atoms with Crippen LogP contribution < -0.4 is 16.0 Å². The van der Waals surface area contributed by atoms with E-state index in [1.165, 1.54) is 11.8 Å². The molecule has 2 amide bonds. The number of carbonyl (C=O) groups is 2. The summed E-state index contributed by atoms with van der Waals surface area (Å²) in [5.74, 6) is 0.975. The Labute approximate surface area is 128 Å². The van der Waals surface area contributed by atoms with Crippen LogP contribution in [0.3, 0.4) is 0 Å². The molecule has 6 nitrogen and oxygen atoms in total. The van der Waals surface area contributed by atoms with Gasteiger partial charge in [0.25, 0.3) is 0 Å². The molecule has 116 valence electrons. The quantitative estimate of drug-likeness (QED) is 0.704. The summed E-state index contributed by atoms with van der Waals surface area (Å²) in [4.78, 5) is 23.4. The van der Waals surface area contributed by atoms with E-state index in [-0.39, 0.29) is 29.1 Å². The number of thioether (sulfide) groups is 1.